The lowest BCUT2D eigenvalue weighted by atomic mass is 10.4. The van der Waals surface area contributed by atoms with Gasteiger partial charge in [-0.3, -0.25) is 0 Å². The monoisotopic (exact) mass is 392 g/mol. The van der Waals surface area contributed by atoms with Gasteiger partial charge in [0.2, 0.25) is 0 Å². The second kappa shape index (κ2) is 9.34. The molecule has 1 aliphatic rings. The van der Waals surface area contributed by atoms with Gasteiger partial charge in [0.15, 0.2) is 5.15 Å². The van der Waals surface area contributed by atoms with Crippen LogP contribution in [0.5, 0.6) is 0 Å². The van der Waals surface area contributed by atoms with Gasteiger partial charge in [-0.2, -0.15) is 0 Å². The minimum Gasteiger partial charge on any atom is -0.478 e. The van der Waals surface area contributed by atoms with Crippen LogP contribution in [-0.2, 0) is 9.59 Å². The largest absolute Gasteiger partial charge is 0.478 e. The Balaban J connectivity index is 0.000000261. The molecule has 10 heteroatoms. The maximum atomic E-state index is 9.55. The SMILES string of the molecule is Clc1nc(N2CCNCC2)cnc1Br.O=C(O)/C=C/C(=O)O. The van der Waals surface area contributed by atoms with Gasteiger partial charge in [0.25, 0.3) is 0 Å². The van der Waals surface area contributed by atoms with Gasteiger partial charge in [0.05, 0.1) is 6.20 Å². The summed E-state index contributed by atoms with van der Waals surface area (Å²) in [5.41, 5.74) is 0. The van der Waals surface area contributed by atoms with Gasteiger partial charge in [-0.05, 0) is 15.9 Å². The third-order valence-electron chi connectivity index (χ3n) is 2.49. The van der Waals surface area contributed by atoms with Gasteiger partial charge in [-0.15, -0.1) is 0 Å². The normalized spacial score (nSPS) is 14.4. The van der Waals surface area contributed by atoms with Crippen LogP contribution in [0.15, 0.2) is 23.0 Å². The molecule has 2 heterocycles. The second-order valence-corrected chi connectivity index (χ2v) is 5.17. The van der Waals surface area contributed by atoms with Crippen molar-refractivity contribution in [3.8, 4) is 0 Å². The number of carboxylic acid groups (broad SMARTS) is 2. The number of carboxylic acids is 2. The number of aliphatic carboxylic acids is 2. The van der Waals surface area contributed by atoms with Crippen molar-refractivity contribution in [2.45, 2.75) is 0 Å². The molecule has 8 nitrogen and oxygen atoms in total. The molecule has 0 aromatic carbocycles. The second-order valence-electron chi connectivity index (χ2n) is 4.06. The van der Waals surface area contributed by atoms with E-state index in [2.05, 4.69) is 36.1 Å². The highest BCUT2D eigenvalue weighted by atomic mass is 79.9. The van der Waals surface area contributed by atoms with E-state index in [4.69, 9.17) is 21.8 Å². The molecule has 0 bridgehead atoms. The van der Waals surface area contributed by atoms with E-state index < -0.39 is 11.9 Å². The number of piperazine rings is 1. The summed E-state index contributed by atoms with van der Waals surface area (Å²) < 4.78 is 0.595. The summed E-state index contributed by atoms with van der Waals surface area (Å²) in [5.74, 6) is -1.67. The Bertz CT molecular complexity index is 548. The summed E-state index contributed by atoms with van der Waals surface area (Å²) in [4.78, 5) is 29.6. The third kappa shape index (κ3) is 6.83. The van der Waals surface area contributed by atoms with Crippen LogP contribution in [0.2, 0.25) is 5.15 Å². The molecule has 120 valence electrons. The van der Waals surface area contributed by atoms with Crippen LogP contribution in [0.1, 0.15) is 0 Å². The first-order valence-electron chi connectivity index (χ1n) is 6.17. The summed E-state index contributed by atoms with van der Waals surface area (Å²) in [5, 5.41) is 19.3. The Kier molecular flexibility index (Phi) is 7.78. The van der Waals surface area contributed by atoms with Crippen molar-refractivity contribution < 1.29 is 19.8 Å². The van der Waals surface area contributed by atoms with Crippen molar-refractivity contribution in [3.05, 3.63) is 28.1 Å². The van der Waals surface area contributed by atoms with E-state index in [1.165, 1.54) is 0 Å². The minimum absolute atomic E-state index is 0.418. The fourth-order valence-corrected chi connectivity index (χ4v) is 1.86. The molecule has 0 radical (unpaired) electrons. The summed E-state index contributed by atoms with van der Waals surface area (Å²) in [6.07, 6.45) is 2.85. The Morgan fingerprint density at radius 2 is 1.82 bits per heavy atom. The molecule has 0 amide bonds. The fraction of sp³-hybridized carbons (Fsp3) is 0.333. The molecule has 1 aliphatic heterocycles. The predicted octanol–water partition coefficient (Wildman–Crippen LogP) is 1.01. The lowest BCUT2D eigenvalue weighted by Gasteiger charge is -2.28. The predicted molar refractivity (Wildman–Crippen MR) is 84.2 cm³/mol. The lowest BCUT2D eigenvalue weighted by molar-refractivity contribution is -0.134. The highest BCUT2D eigenvalue weighted by molar-refractivity contribution is 9.10. The van der Waals surface area contributed by atoms with Crippen molar-refractivity contribution in [2.24, 2.45) is 0 Å². The Hall–Kier alpha value is -1.71. The molecule has 0 unspecified atom stereocenters. The average molecular weight is 394 g/mol. The van der Waals surface area contributed by atoms with E-state index >= 15 is 0 Å². The van der Waals surface area contributed by atoms with Crippen molar-refractivity contribution in [2.75, 3.05) is 31.1 Å². The molecular formula is C12H14BrClN4O4. The van der Waals surface area contributed by atoms with Crippen LogP contribution >= 0.6 is 27.5 Å². The summed E-state index contributed by atoms with van der Waals surface area (Å²) in [6.45, 7) is 3.87. The molecule has 22 heavy (non-hydrogen) atoms. The van der Waals surface area contributed by atoms with Crippen molar-refractivity contribution >= 4 is 45.3 Å². The Morgan fingerprint density at radius 3 is 2.27 bits per heavy atom. The molecule has 0 spiro atoms. The molecule has 0 saturated carbocycles. The van der Waals surface area contributed by atoms with Crippen LogP contribution in [0.3, 0.4) is 0 Å². The highest BCUT2D eigenvalue weighted by Crippen LogP contribution is 2.20. The Morgan fingerprint density at radius 1 is 1.27 bits per heavy atom. The molecule has 0 aliphatic carbocycles. The summed E-state index contributed by atoms with van der Waals surface area (Å²) >= 11 is 9.09. The Labute approximate surface area is 139 Å². The van der Waals surface area contributed by atoms with Crippen LogP contribution in [0.25, 0.3) is 0 Å². The van der Waals surface area contributed by atoms with Crippen molar-refractivity contribution in [3.63, 3.8) is 0 Å². The molecule has 3 N–H and O–H groups in total. The van der Waals surface area contributed by atoms with Crippen LogP contribution in [-0.4, -0.2) is 58.3 Å². The fourth-order valence-electron chi connectivity index (χ4n) is 1.53. The number of anilines is 1. The third-order valence-corrected chi connectivity index (χ3v) is 3.56. The standard InChI is InChI=1S/C8H10BrClN4.C4H4O4/c9-7-8(10)13-6(5-12-7)14-3-1-11-2-4-14;5-3(6)1-2-4(7)8/h5,11H,1-4H2;1-2H,(H,5,6)(H,7,8)/b;2-1+. The van der Waals surface area contributed by atoms with Crippen LogP contribution in [0.4, 0.5) is 5.82 Å². The van der Waals surface area contributed by atoms with E-state index in [0.29, 0.717) is 21.9 Å². The van der Waals surface area contributed by atoms with E-state index in [-0.39, 0.29) is 0 Å². The number of rotatable bonds is 3. The molecule has 1 aromatic heterocycles. The molecule has 1 aromatic rings. The van der Waals surface area contributed by atoms with Crippen LogP contribution < -0.4 is 10.2 Å². The van der Waals surface area contributed by atoms with Crippen LogP contribution in [0, 0.1) is 0 Å². The number of nitrogens with zero attached hydrogens (tertiary/aromatic N) is 3. The van der Waals surface area contributed by atoms with E-state index in [9.17, 15) is 9.59 Å². The first kappa shape index (κ1) is 18.3. The zero-order chi connectivity index (χ0) is 16.5. The van der Waals surface area contributed by atoms with E-state index in [1.54, 1.807) is 6.20 Å². The first-order valence-corrected chi connectivity index (χ1v) is 7.35. The van der Waals surface area contributed by atoms with Crippen molar-refractivity contribution in [1.82, 2.24) is 15.3 Å². The quantitative estimate of drug-likeness (QED) is 0.652. The maximum absolute atomic E-state index is 9.55. The van der Waals surface area contributed by atoms with Gasteiger partial charge in [-0.25, -0.2) is 19.6 Å². The molecule has 1 saturated heterocycles. The average Bonchev–Trinajstić information content (AvgIpc) is 2.49. The number of halogens is 2. The molecular weight excluding hydrogens is 380 g/mol. The summed E-state index contributed by atoms with van der Waals surface area (Å²) in [7, 11) is 0. The molecule has 0 atom stereocenters. The number of hydrogen-bond acceptors (Lipinski definition) is 6. The van der Waals surface area contributed by atoms with E-state index in [0.717, 1.165) is 32.0 Å². The number of carbonyl (C=O) groups is 2. The highest BCUT2D eigenvalue weighted by Gasteiger charge is 2.13. The molecule has 2 rings (SSSR count). The van der Waals surface area contributed by atoms with E-state index in [1.807, 2.05) is 0 Å². The minimum atomic E-state index is -1.26. The zero-order valence-electron chi connectivity index (χ0n) is 11.4. The first-order chi connectivity index (χ1) is 10.4. The number of aromatic nitrogens is 2. The zero-order valence-corrected chi connectivity index (χ0v) is 13.7. The van der Waals surface area contributed by atoms with Gasteiger partial charge < -0.3 is 20.4 Å². The van der Waals surface area contributed by atoms with Crippen molar-refractivity contribution in [1.29, 1.82) is 0 Å². The number of hydrogen-bond donors (Lipinski definition) is 3. The topological polar surface area (TPSA) is 116 Å². The maximum Gasteiger partial charge on any atom is 0.328 e. The summed E-state index contributed by atoms with van der Waals surface area (Å²) in [6, 6.07) is 0. The van der Waals surface area contributed by atoms with Gasteiger partial charge in [0.1, 0.15) is 10.4 Å². The number of nitrogens with one attached hydrogen (secondary N) is 1. The molecule has 1 fully saturated rings. The van der Waals surface area contributed by atoms with Gasteiger partial charge in [-0.1, -0.05) is 11.6 Å². The smallest absolute Gasteiger partial charge is 0.328 e. The van der Waals surface area contributed by atoms with Gasteiger partial charge >= 0.3 is 11.9 Å². The lowest BCUT2D eigenvalue weighted by Crippen LogP contribution is -2.43. The van der Waals surface area contributed by atoms with Gasteiger partial charge in [0, 0.05) is 38.3 Å².